The number of anilines is 1. The SMILES string of the molecule is CCOC(=O)CNC(=O)C(C)Oc1ccc(-c2cc(C(F)(F)F)cc(N(C)C)n2)cc1. The Hall–Kier alpha value is -3.30. The molecule has 1 unspecified atom stereocenters. The molecule has 1 atom stereocenters. The molecule has 0 spiro atoms. The third-order valence-corrected chi connectivity index (χ3v) is 4.14. The molecule has 0 saturated heterocycles. The number of aromatic nitrogens is 1. The zero-order valence-electron chi connectivity index (χ0n) is 17.6. The molecule has 0 radical (unpaired) electrons. The van der Waals surface area contributed by atoms with Gasteiger partial charge in [0.15, 0.2) is 6.10 Å². The van der Waals surface area contributed by atoms with Gasteiger partial charge in [-0.05, 0) is 50.2 Å². The number of carbonyl (C=O) groups excluding carboxylic acids is 2. The predicted molar refractivity (Wildman–Crippen MR) is 109 cm³/mol. The van der Waals surface area contributed by atoms with Crippen LogP contribution in [0.25, 0.3) is 11.3 Å². The van der Waals surface area contributed by atoms with Crippen LogP contribution in [0.15, 0.2) is 36.4 Å². The molecule has 0 aliphatic carbocycles. The highest BCUT2D eigenvalue weighted by atomic mass is 19.4. The highest BCUT2D eigenvalue weighted by Gasteiger charge is 2.32. The number of benzene rings is 1. The van der Waals surface area contributed by atoms with Gasteiger partial charge in [-0.1, -0.05) is 0 Å². The monoisotopic (exact) mass is 439 g/mol. The highest BCUT2D eigenvalue weighted by Crippen LogP contribution is 2.34. The van der Waals surface area contributed by atoms with Crippen LogP contribution in [0.1, 0.15) is 19.4 Å². The Labute approximate surface area is 178 Å². The van der Waals surface area contributed by atoms with Crippen molar-refractivity contribution in [3.8, 4) is 17.0 Å². The summed E-state index contributed by atoms with van der Waals surface area (Å²) in [5.74, 6) is -0.551. The van der Waals surface area contributed by atoms with Gasteiger partial charge in [-0.3, -0.25) is 9.59 Å². The van der Waals surface area contributed by atoms with Crippen molar-refractivity contribution in [3.63, 3.8) is 0 Å². The van der Waals surface area contributed by atoms with E-state index in [1.54, 1.807) is 33.2 Å². The van der Waals surface area contributed by atoms with Crippen molar-refractivity contribution in [2.75, 3.05) is 32.1 Å². The van der Waals surface area contributed by atoms with Crippen LogP contribution < -0.4 is 15.0 Å². The van der Waals surface area contributed by atoms with Crippen molar-refractivity contribution in [2.45, 2.75) is 26.1 Å². The number of alkyl halides is 3. The van der Waals surface area contributed by atoms with E-state index >= 15 is 0 Å². The lowest BCUT2D eigenvalue weighted by atomic mass is 10.1. The number of rotatable bonds is 8. The number of hydrogen-bond donors (Lipinski definition) is 1. The number of pyridine rings is 1. The van der Waals surface area contributed by atoms with Gasteiger partial charge in [0.25, 0.3) is 5.91 Å². The first kappa shape index (κ1) is 24.0. The second-order valence-electron chi connectivity index (χ2n) is 6.80. The summed E-state index contributed by atoms with van der Waals surface area (Å²) < 4.78 is 49.9. The summed E-state index contributed by atoms with van der Waals surface area (Å²) in [7, 11) is 3.22. The molecular formula is C21H24F3N3O4. The summed E-state index contributed by atoms with van der Waals surface area (Å²) in [4.78, 5) is 29.1. The summed E-state index contributed by atoms with van der Waals surface area (Å²) in [5, 5.41) is 2.40. The summed E-state index contributed by atoms with van der Waals surface area (Å²) in [6, 6.07) is 8.14. The molecule has 0 fully saturated rings. The van der Waals surface area contributed by atoms with Gasteiger partial charge in [-0.25, -0.2) is 4.98 Å². The van der Waals surface area contributed by atoms with E-state index in [0.29, 0.717) is 11.3 Å². The Morgan fingerprint density at radius 1 is 1.16 bits per heavy atom. The number of halogens is 3. The Bertz CT molecular complexity index is 915. The summed E-state index contributed by atoms with van der Waals surface area (Å²) in [5.41, 5.74) is -0.181. The lowest BCUT2D eigenvalue weighted by Gasteiger charge is -2.17. The average Bonchev–Trinajstić information content (AvgIpc) is 2.71. The molecule has 31 heavy (non-hydrogen) atoms. The van der Waals surface area contributed by atoms with Gasteiger partial charge in [0.2, 0.25) is 0 Å². The van der Waals surface area contributed by atoms with Gasteiger partial charge in [-0.15, -0.1) is 0 Å². The molecule has 1 N–H and O–H groups in total. The molecule has 0 saturated carbocycles. The smallest absolute Gasteiger partial charge is 0.416 e. The zero-order valence-corrected chi connectivity index (χ0v) is 17.6. The Balaban J connectivity index is 2.12. The molecule has 1 aromatic carbocycles. The van der Waals surface area contributed by atoms with Crippen LogP contribution in [-0.2, 0) is 20.5 Å². The number of esters is 1. The maximum absolute atomic E-state index is 13.2. The maximum Gasteiger partial charge on any atom is 0.416 e. The minimum absolute atomic E-state index is 0.158. The molecular weight excluding hydrogens is 415 g/mol. The Kier molecular flexibility index (Phi) is 7.84. The van der Waals surface area contributed by atoms with Gasteiger partial charge in [-0.2, -0.15) is 13.2 Å². The highest BCUT2D eigenvalue weighted by molar-refractivity contribution is 5.84. The second-order valence-corrected chi connectivity index (χ2v) is 6.80. The first-order chi connectivity index (χ1) is 14.5. The molecule has 0 aliphatic rings. The molecule has 168 valence electrons. The average molecular weight is 439 g/mol. The van der Waals surface area contributed by atoms with Crippen LogP contribution in [0.2, 0.25) is 0 Å². The van der Waals surface area contributed by atoms with Gasteiger partial charge >= 0.3 is 12.1 Å². The second kappa shape index (κ2) is 10.1. The number of nitrogens with zero attached hydrogens (tertiary/aromatic N) is 2. The van der Waals surface area contributed by atoms with Crippen LogP contribution in [0, 0.1) is 0 Å². The molecule has 0 aliphatic heterocycles. The van der Waals surface area contributed by atoms with Crippen molar-refractivity contribution in [1.29, 1.82) is 0 Å². The largest absolute Gasteiger partial charge is 0.481 e. The van der Waals surface area contributed by atoms with E-state index in [4.69, 9.17) is 9.47 Å². The lowest BCUT2D eigenvalue weighted by molar-refractivity contribution is -0.144. The van der Waals surface area contributed by atoms with Gasteiger partial charge in [0, 0.05) is 19.7 Å². The quantitative estimate of drug-likeness (QED) is 0.636. The van der Waals surface area contributed by atoms with Gasteiger partial charge in [0.05, 0.1) is 17.9 Å². The van der Waals surface area contributed by atoms with Gasteiger partial charge < -0.3 is 19.7 Å². The van der Waals surface area contributed by atoms with Crippen molar-refractivity contribution < 1.29 is 32.2 Å². The Morgan fingerprint density at radius 3 is 2.35 bits per heavy atom. The summed E-state index contributed by atoms with van der Waals surface area (Å²) in [6.45, 7) is 3.11. The van der Waals surface area contributed by atoms with E-state index in [0.717, 1.165) is 12.1 Å². The normalized spacial score (nSPS) is 12.1. The first-order valence-electron chi connectivity index (χ1n) is 9.48. The van der Waals surface area contributed by atoms with E-state index in [1.165, 1.54) is 24.0 Å². The number of amides is 1. The number of ether oxygens (including phenoxy) is 2. The van der Waals surface area contributed by atoms with Crippen molar-refractivity contribution in [2.24, 2.45) is 0 Å². The minimum atomic E-state index is -4.50. The van der Waals surface area contributed by atoms with Crippen LogP contribution in [0.3, 0.4) is 0 Å². The van der Waals surface area contributed by atoms with Crippen molar-refractivity contribution in [3.05, 3.63) is 42.0 Å². The molecule has 1 heterocycles. The fourth-order valence-corrected chi connectivity index (χ4v) is 2.53. The standard InChI is InChI=1S/C21H24F3N3O4/c1-5-30-19(28)12-25-20(29)13(2)31-16-8-6-14(7-9-16)17-10-15(21(22,23)24)11-18(26-17)27(3)4/h6-11,13H,5,12H2,1-4H3,(H,25,29). The molecule has 2 aromatic rings. The maximum atomic E-state index is 13.2. The Morgan fingerprint density at radius 2 is 1.81 bits per heavy atom. The minimum Gasteiger partial charge on any atom is -0.481 e. The van der Waals surface area contributed by atoms with E-state index in [2.05, 4.69) is 10.3 Å². The molecule has 0 bridgehead atoms. The molecule has 7 nitrogen and oxygen atoms in total. The molecule has 1 amide bonds. The zero-order chi connectivity index (χ0) is 23.2. The van der Waals surface area contributed by atoms with E-state index in [-0.39, 0.29) is 24.7 Å². The summed E-state index contributed by atoms with van der Waals surface area (Å²) >= 11 is 0. The van der Waals surface area contributed by atoms with Crippen molar-refractivity contribution >= 4 is 17.7 Å². The van der Waals surface area contributed by atoms with Crippen LogP contribution in [0.5, 0.6) is 5.75 Å². The topological polar surface area (TPSA) is 80.8 Å². The number of nitrogens with one attached hydrogen (secondary N) is 1. The molecule has 10 heteroatoms. The third-order valence-electron chi connectivity index (χ3n) is 4.14. The fourth-order valence-electron chi connectivity index (χ4n) is 2.53. The third kappa shape index (κ3) is 6.87. The summed E-state index contributed by atoms with van der Waals surface area (Å²) in [6.07, 6.45) is -5.40. The van der Waals surface area contributed by atoms with E-state index < -0.39 is 29.7 Å². The predicted octanol–water partition coefficient (Wildman–Crippen LogP) is 3.28. The lowest BCUT2D eigenvalue weighted by Crippen LogP contribution is -2.39. The van der Waals surface area contributed by atoms with Crippen LogP contribution >= 0.6 is 0 Å². The van der Waals surface area contributed by atoms with Crippen molar-refractivity contribution in [1.82, 2.24) is 10.3 Å². The molecule has 2 rings (SSSR count). The number of hydrogen-bond acceptors (Lipinski definition) is 6. The van der Waals surface area contributed by atoms with Gasteiger partial charge in [0.1, 0.15) is 18.1 Å². The molecule has 1 aromatic heterocycles. The first-order valence-corrected chi connectivity index (χ1v) is 9.48. The van der Waals surface area contributed by atoms with Crippen LogP contribution in [0.4, 0.5) is 19.0 Å². The van der Waals surface area contributed by atoms with E-state index in [9.17, 15) is 22.8 Å². The number of carbonyl (C=O) groups is 2. The van der Waals surface area contributed by atoms with Crippen LogP contribution in [-0.4, -0.2) is 50.2 Å². The van der Waals surface area contributed by atoms with E-state index in [1.807, 2.05) is 0 Å². The fraction of sp³-hybridized carbons (Fsp3) is 0.381.